The molecule has 4 rings (SSSR count). The van der Waals surface area contributed by atoms with Crippen molar-refractivity contribution in [2.24, 2.45) is 5.41 Å². The minimum atomic E-state index is 0.00998. The number of hydrogen-bond acceptors (Lipinski definition) is 5. The molecule has 1 atom stereocenters. The standard InChI is InChI=1S/C21H26N4O2/c1-27-18-5-3-17(4-6-18)14-24-12-8-21(15-24)7-2-11-25(16-21)20(26)19-13-22-9-10-23-19/h3-6,9-10,13H,2,7-8,11-12,14-16H2,1H3. The first-order valence-corrected chi connectivity index (χ1v) is 9.58. The van der Waals surface area contributed by atoms with Crippen molar-refractivity contribution >= 4 is 5.91 Å². The summed E-state index contributed by atoms with van der Waals surface area (Å²) in [5.74, 6) is 0.901. The first kappa shape index (κ1) is 17.9. The maximum atomic E-state index is 12.8. The van der Waals surface area contributed by atoms with E-state index in [2.05, 4.69) is 27.0 Å². The van der Waals surface area contributed by atoms with Crippen molar-refractivity contribution in [3.63, 3.8) is 0 Å². The molecule has 1 unspecified atom stereocenters. The Kier molecular flexibility index (Phi) is 5.07. The summed E-state index contributed by atoms with van der Waals surface area (Å²) in [4.78, 5) is 25.5. The number of aromatic nitrogens is 2. The van der Waals surface area contributed by atoms with Gasteiger partial charge >= 0.3 is 0 Å². The maximum absolute atomic E-state index is 12.8. The normalized spacial score (nSPS) is 22.9. The molecule has 6 heteroatoms. The highest BCUT2D eigenvalue weighted by Gasteiger charge is 2.42. The fraction of sp³-hybridized carbons (Fsp3) is 0.476. The number of likely N-dealkylation sites (tertiary alicyclic amines) is 2. The van der Waals surface area contributed by atoms with Crippen LogP contribution >= 0.6 is 0 Å². The van der Waals surface area contributed by atoms with Crippen LogP contribution in [-0.2, 0) is 6.54 Å². The van der Waals surface area contributed by atoms with Crippen LogP contribution in [0.1, 0.15) is 35.3 Å². The molecule has 27 heavy (non-hydrogen) atoms. The van der Waals surface area contributed by atoms with Gasteiger partial charge < -0.3 is 9.64 Å². The van der Waals surface area contributed by atoms with Crippen molar-refractivity contribution < 1.29 is 9.53 Å². The van der Waals surface area contributed by atoms with E-state index in [0.717, 1.165) is 51.3 Å². The van der Waals surface area contributed by atoms with Crippen LogP contribution in [0.4, 0.5) is 0 Å². The van der Waals surface area contributed by atoms with Gasteiger partial charge in [0, 0.05) is 44.0 Å². The molecule has 2 aromatic rings. The zero-order valence-corrected chi connectivity index (χ0v) is 15.8. The highest BCUT2D eigenvalue weighted by molar-refractivity contribution is 5.92. The van der Waals surface area contributed by atoms with Crippen LogP contribution in [0, 0.1) is 5.41 Å². The number of piperidine rings is 1. The highest BCUT2D eigenvalue weighted by Crippen LogP contribution is 2.39. The Balaban J connectivity index is 1.39. The zero-order chi connectivity index (χ0) is 18.7. The Morgan fingerprint density at radius 1 is 1.15 bits per heavy atom. The average molecular weight is 366 g/mol. The number of methoxy groups -OCH3 is 1. The van der Waals surface area contributed by atoms with Gasteiger partial charge in [0.15, 0.2) is 0 Å². The van der Waals surface area contributed by atoms with E-state index in [1.54, 1.807) is 25.7 Å². The average Bonchev–Trinajstić information content (AvgIpc) is 3.10. The maximum Gasteiger partial charge on any atom is 0.274 e. The second kappa shape index (κ2) is 7.64. The molecule has 1 aromatic carbocycles. The second-order valence-corrected chi connectivity index (χ2v) is 7.73. The van der Waals surface area contributed by atoms with Gasteiger partial charge in [-0.2, -0.15) is 0 Å². The summed E-state index contributed by atoms with van der Waals surface area (Å²) >= 11 is 0. The predicted octanol–water partition coefficient (Wildman–Crippen LogP) is 2.61. The molecule has 0 aliphatic carbocycles. The molecule has 1 amide bonds. The monoisotopic (exact) mass is 366 g/mol. The summed E-state index contributed by atoms with van der Waals surface area (Å²) in [6.45, 7) is 4.71. The number of rotatable bonds is 4. The van der Waals surface area contributed by atoms with Crippen LogP contribution < -0.4 is 4.74 Å². The Morgan fingerprint density at radius 3 is 2.74 bits per heavy atom. The van der Waals surface area contributed by atoms with Gasteiger partial charge in [0.2, 0.25) is 0 Å². The molecular weight excluding hydrogens is 340 g/mol. The van der Waals surface area contributed by atoms with E-state index in [4.69, 9.17) is 4.74 Å². The Morgan fingerprint density at radius 2 is 2.00 bits per heavy atom. The number of amides is 1. The van der Waals surface area contributed by atoms with Crippen LogP contribution in [0.3, 0.4) is 0 Å². The fourth-order valence-corrected chi connectivity index (χ4v) is 4.44. The number of hydrogen-bond donors (Lipinski definition) is 0. The van der Waals surface area contributed by atoms with Crippen LogP contribution in [0.5, 0.6) is 5.75 Å². The summed E-state index contributed by atoms with van der Waals surface area (Å²) in [6.07, 6.45) is 8.14. The molecule has 0 radical (unpaired) electrons. The third-order valence-electron chi connectivity index (χ3n) is 5.81. The molecule has 0 saturated carbocycles. The van der Waals surface area contributed by atoms with Gasteiger partial charge in [0.1, 0.15) is 11.4 Å². The summed E-state index contributed by atoms with van der Waals surface area (Å²) in [5, 5.41) is 0. The lowest BCUT2D eigenvalue weighted by Crippen LogP contribution is -2.47. The lowest BCUT2D eigenvalue weighted by molar-refractivity contribution is 0.0521. The van der Waals surface area contributed by atoms with Gasteiger partial charge in [-0.05, 0) is 43.5 Å². The Hall–Kier alpha value is -2.47. The molecule has 142 valence electrons. The van der Waals surface area contributed by atoms with Crippen LogP contribution in [0.15, 0.2) is 42.9 Å². The first-order chi connectivity index (χ1) is 13.2. The molecule has 2 aliphatic rings. The van der Waals surface area contributed by atoms with E-state index in [1.165, 1.54) is 12.0 Å². The molecule has 0 bridgehead atoms. The quantitative estimate of drug-likeness (QED) is 0.832. The summed E-state index contributed by atoms with van der Waals surface area (Å²) < 4.78 is 5.24. The summed E-state index contributed by atoms with van der Waals surface area (Å²) in [6, 6.07) is 8.30. The second-order valence-electron chi connectivity index (χ2n) is 7.73. The summed E-state index contributed by atoms with van der Waals surface area (Å²) in [7, 11) is 1.69. The van der Waals surface area contributed by atoms with Crippen molar-refractivity contribution in [2.75, 3.05) is 33.3 Å². The molecule has 0 N–H and O–H groups in total. The molecule has 1 aromatic heterocycles. The summed E-state index contributed by atoms with van der Waals surface area (Å²) in [5.41, 5.74) is 1.96. The molecule has 6 nitrogen and oxygen atoms in total. The smallest absolute Gasteiger partial charge is 0.274 e. The van der Waals surface area contributed by atoms with Crippen molar-refractivity contribution in [3.8, 4) is 5.75 Å². The van der Waals surface area contributed by atoms with Crippen molar-refractivity contribution in [1.29, 1.82) is 0 Å². The van der Waals surface area contributed by atoms with Gasteiger partial charge in [-0.25, -0.2) is 4.98 Å². The molecule has 1 spiro atoms. The van der Waals surface area contributed by atoms with Crippen LogP contribution in [0.25, 0.3) is 0 Å². The molecule has 3 heterocycles. The van der Waals surface area contributed by atoms with Crippen molar-refractivity contribution in [1.82, 2.24) is 19.8 Å². The molecule has 2 aliphatic heterocycles. The largest absolute Gasteiger partial charge is 0.497 e. The minimum Gasteiger partial charge on any atom is -0.497 e. The van der Waals surface area contributed by atoms with Gasteiger partial charge in [-0.3, -0.25) is 14.7 Å². The highest BCUT2D eigenvalue weighted by atomic mass is 16.5. The van der Waals surface area contributed by atoms with Crippen molar-refractivity contribution in [2.45, 2.75) is 25.8 Å². The van der Waals surface area contributed by atoms with Crippen LogP contribution in [-0.4, -0.2) is 59.0 Å². The van der Waals surface area contributed by atoms with Crippen molar-refractivity contribution in [3.05, 3.63) is 54.1 Å². The third-order valence-corrected chi connectivity index (χ3v) is 5.81. The first-order valence-electron chi connectivity index (χ1n) is 9.58. The predicted molar refractivity (Wildman–Crippen MR) is 102 cm³/mol. The minimum absolute atomic E-state index is 0.00998. The third kappa shape index (κ3) is 3.95. The van der Waals surface area contributed by atoms with E-state index >= 15 is 0 Å². The SMILES string of the molecule is COc1ccc(CN2CCC3(CCCN(C(=O)c4cnccn4)C3)C2)cc1. The van der Waals surface area contributed by atoms with E-state index in [0.29, 0.717) is 5.69 Å². The molecule has 2 saturated heterocycles. The molecular formula is C21H26N4O2. The molecule has 2 fully saturated rings. The van der Waals surface area contributed by atoms with Gasteiger partial charge in [0.05, 0.1) is 13.3 Å². The lowest BCUT2D eigenvalue weighted by Gasteiger charge is -2.40. The van der Waals surface area contributed by atoms with Gasteiger partial charge in [0.25, 0.3) is 5.91 Å². The fourth-order valence-electron chi connectivity index (χ4n) is 4.44. The Labute approximate surface area is 160 Å². The van der Waals surface area contributed by atoms with Crippen LogP contribution in [0.2, 0.25) is 0 Å². The zero-order valence-electron chi connectivity index (χ0n) is 15.8. The Bertz CT molecular complexity index is 781. The van der Waals surface area contributed by atoms with Gasteiger partial charge in [-0.1, -0.05) is 12.1 Å². The van der Waals surface area contributed by atoms with E-state index in [9.17, 15) is 4.79 Å². The van der Waals surface area contributed by atoms with E-state index in [1.807, 2.05) is 17.0 Å². The lowest BCUT2D eigenvalue weighted by atomic mass is 9.79. The van der Waals surface area contributed by atoms with Gasteiger partial charge in [-0.15, -0.1) is 0 Å². The number of nitrogens with zero attached hydrogens (tertiary/aromatic N) is 4. The topological polar surface area (TPSA) is 58.6 Å². The number of carbonyl (C=O) groups is 1. The number of benzene rings is 1. The number of carbonyl (C=O) groups excluding carboxylic acids is 1. The van der Waals surface area contributed by atoms with E-state index in [-0.39, 0.29) is 11.3 Å². The number of ether oxygens (including phenoxy) is 1. The van der Waals surface area contributed by atoms with E-state index < -0.39 is 0 Å².